The van der Waals surface area contributed by atoms with Gasteiger partial charge in [-0.05, 0) is 24.7 Å². The molecule has 1 aliphatic rings. The normalized spacial score (nSPS) is 19.1. The van der Waals surface area contributed by atoms with E-state index in [0.717, 1.165) is 0 Å². The minimum absolute atomic E-state index is 0.120. The Balaban J connectivity index is 2.05. The number of alkyl halides is 3. The van der Waals surface area contributed by atoms with E-state index in [0.29, 0.717) is 24.4 Å². The molecule has 0 aromatic heterocycles. The molecule has 0 amide bonds. The molecule has 1 rings (SSSR count). The summed E-state index contributed by atoms with van der Waals surface area (Å²) in [5.74, 6) is 1.23. The summed E-state index contributed by atoms with van der Waals surface area (Å²) in [6, 6.07) is 0.425. The summed E-state index contributed by atoms with van der Waals surface area (Å²) in [6.45, 7) is 3.73. The van der Waals surface area contributed by atoms with Crippen LogP contribution in [0.1, 0.15) is 26.7 Å². The van der Waals surface area contributed by atoms with E-state index in [1.807, 2.05) is 0 Å². The third-order valence-corrected chi connectivity index (χ3v) is 2.74. The minimum Gasteiger partial charge on any atom is -0.371 e. The second-order valence-electron chi connectivity index (χ2n) is 4.73. The van der Waals surface area contributed by atoms with E-state index in [-0.39, 0.29) is 6.61 Å². The number of rotatable bonds is 7. The molecule has 0 radical (unpaired) electrons. The molecule has 0 spiro atoms. The maximum Gasteiger partial charge on any atom is 0.411 e. The van der Waals surface area contributed by atoms with Crippen molar-refractivity contribution in [3.8, 4) is 0 Å². The van der Waals surface area contributed by atoms with Gasteiger partial charge in [-0.1, -0.05) is 13.8 Å². The molecule has 0 heterocycles. The van der Waals surface area contributed by atoms with E-state index in [1.165, 1.54) is 12.8 Å². The Bertz CT molecular complexity index is 200. The van der Waals surface area contributed by atoms with E-state index in [1.54, 1.807) is 0 Å². The Morgan fingerprint density at radius 3 is 2.38 bits per heavy atom. The fraction of sp³-hybridized carbons (Fsp3) is 1.00. The average Bonchev–Trinajstić information content (AvgIpc) is 2.91. The quantitative estimate of drug-likeness (QED) is 0.689. The molecule has 16 heavy (non-hydrogen) atoms. The molecule has 0 saturated heterocycles. The molecule has 5 heteroatoms. The van der Waals surface area contributed by atoms with Crippen molar-refractivity contribution in [2.45, 2.75) is 38.9 Å². The van der Waals surface area contributed by atoms with Crippen molar-refractivity contribution in [1.82, 2.24) is 5.32 Å². The summed E-state index contributed by atoms with van der Waals surface area (Å²) < 4.78 is 39.8. The van der Waals surface area contributed by atoms with Gasteiger partial charge in [0.25, 0.3) is 0 Å². The molecule has 1 fully saturated rings. The van der Waals surface area contributed by atoms with Crippen molar-refractivity contribution in [1.29, 1.82) is 0 Å². The fourth-order valence-electron chi connectivity index (χ4n) is 1.89. The van der Waals surface area contributed by atoms with Gasteiger partial charge < -0.3 is 10.1 Å². The summed E-state index contributed by atoms with van der Waals surface area (Å²) in [5, 5.41) is 3.28. The topological polar surface area (TPSA) is 21.3 Å². The Kier molecular flexibility index (Phi) is 5.05. The van der Waals surface area contributed by atoms with Crippen molar-refractivity contribution in [3.63, 3.8) is 0 Å². The van der Waals surface area contributed by atoms with Gasteiger partial charge in [-0.2, -0.15) is 13.2 Å². The number of ether oxygens (including phenoxy) is 1. The van der Waals surface area contributed by atoms with Gasteiger partial charge in [-0.15, -0.1) is 0 Å². The summed E-state index contributed by atoms with van der Waals surface area (Å²) in [5.41, 5.74) is 0. The molecule has 1 aliphatic carbocycles. The number of halogens is 3. The molecule has 1 unspecified atom stereocenters. The Morgan fingerprint density at radius 1 is 1.31 bits per heavy atom. The van der Waals surface area contributed by atoms with Crippen LogP contribution >= 0.6 is 0 Å². The van der Waals surface area contributed by atoms with Gasteiger partial charge >= 0.3 is 6.18 Å². The van der Waals surface area contributed by atoms with E-state index in [2.05, 4.69) is 23.9 Å². The lowest BCUT2D eigenvalue weighted by Gasteiger charge is -2.22. The van der Waals surface area contributed by atoms with Gasteiger partial charge in [-0.3, -0.25) is 0 Å². The maximum absolute atomic E-state index is 11.8. The van der Waals surface area contributed by atoms with E-state index >= 15 is 0 Å². The predicted molar refractivity (Wildman–Crippen MR) is 56.2 cm³/mol. The van der Waals surface area contributed by atoms with Crippen LogP contribution in [0.5, 0.6) is 0 Å². The first kappa shape index (κ1) is 13.8. The van der Waals surface area contributed by atoms with Crippen LogP contribution in [0.15, 0.2) is 0 Å². The summed E-state index contributed by atoms with van der Waals surface area (Å²) in [7, 11) is 0. The second kappa shape index (κ2) is 5.87. The van der Waals surface area contributed by atoms with Crippen molar-refractivity contribution < 1.29 is 17.9 Å². The number of nitrogens with one attached hydrogen (secondary N) is 1. The van der Waals surface area contributed by atoms with Gasteiger partial charge in [0.05, 0.1) is 6.61 Å². The van der Waals surface area contributed by atoms with Crippen molar-refractivity contribution in [2.75, 3.05) is 19.8 Å². The van der Waals surface area contributed by atoms with Crippen LogP contribution in [0.4, 0.5) is 13.2 Å². The lowest BCUT2D eigenvalue weighted by Crippen LogP contribution is -2.38. The lowest BCUT2D eigenvalue weighted by molar-refractivity contribution is -0.173. The smallest absolute Gasteiger partial charge is 0.371 e. The molecule has 0 aromatic rings. The Hall–Kier alpha value is -0.290. The summed E-state index contributed by atoms with van der Waals surface area (Å²) >= 11 is 0. The molecular formula is C11H20F3NO. The largest absolute Gasteiger partial charge is 0.411 e. The number of hydrogen-bond acceptors (Lipinski definition) is 2. The standard InChI is InChI=1S/C11H20F3NO/c1-8(2)10(9-3-4-9)15-5-6-16-7-11(12,13)14/h8-10,15H,3-7H2,1-2H3. The summed E-state index contributed by atoms with van der Waals surface area (Å²) in [4.78, 5) is 0. The first-order valence-electron chi connectivity index (χ1n) is 5.78. The van der Waals surface area contributed by atoms with Crippen LogP contribution in [-0.4, -0.2) is 32.0 Å². The zero-order valence-electron chi connectivity index (χ0n) is 9.81. The first-order valence-corrected chi connectivity index (χ1v) is 5.78. The van der Waals surface area contributed by atoms with Crippen LogP contribution in [-0.2, 0) is 4.74 Å². The molecular weight excluding hydrogens is 219 g/mol. The van der Waals surface area contributed by atoms with Gasteiger partial charge in [0.15, 0.2) is 0 Å². The molecule has 0 aromatic carbocycles. The van der Waals surface area contributed by atoms with Crippen LogP contribution in [0.25, 0.3) is 0 Å². The zero-order valence-corrected chi connectivity index (χ0v) is 9.81. The fourth-order valence-corrected chi connectivity index (χ4v) is 1.89. The number of hydrogen-bond donors (Lipinski definition) is 1. The molecule has 1 N–H and O–H groups in total. The third-order valence-electron chi connectivity index (χ3n) is 2.74. The maximum atomic E-state index is 11.8. The van der Waals surface area contributed by atoms with Crippen LogP contribution < -0.4 is 5.32 Å². The van der Waals surface area contributed by atoms with Gasteiger partial charge in [0.1, 0.15) is 6.61 Å². The predicted octanol–water partition coefficient (Wildman–Crippen LogP) is 2.59. The van der Waals surface area contributed by atoms with Crippen molar-refractivity contribution in [3.05, 3.63) is 0 Å². The van der Waals surface area contributed by atoms with E-state index in [4.69, 9.17) is 0 Å². The highest BCUT2D eigenvalue weighted by molar-refractivity contribution is 4.88. The first-order chi connectivity index (χ1) is 7.40. The van der Waals surface area contributed by atoms with Crippen LogP contribution in [0.3, 0.4) is 0 Å². The van der Waals surface area contributed by atoms with Gasteiger partial charge in [0, 0.05) is 12.6 Å². The SMILES string of the molecule is CC(C)C(NCCOCC(F)(F)F)C1CC1. The van der Waals surface area contributed by atoms with Crippen molar-refractivity contribution in [2.24, 2.45) is 11.8 Å². The highest BCUT2D eigenvalue weighted by Crippen LogP contribution is 2.35. The van der Waals surface area contributed by atoms with Gasteiger partial charge in [-0.25, -0.2) is 0 Å². The highest BCUT2D eigenvalue weighted by Gasteiger charge is 2.32. The molecule has 96 valence electrons. The summed E-state index contributed by atoms with van der Waals surface area (Å²) in [6.07, 6.45) is -1.74. The molecule has 1 saturated carbocycles. The molecule has 2 nitrogen and oxygen atoms in total. The molecule has 0 bridgehead atoms. The van der Waals surface area contributed by atoms with E-state index in [9.17, 15) is 13.2 Å². The monoisotopic (exact) mass is 239 g/mol. The molecule has 0 aliphatic heterocycles. The van der Waals surface area contributed by atoms with Crippen LogP contribution in [0, 0.1) is 11.8 Å². The Morgan fingerprint density at radius 2 is 1.94 bits per heavy atom. The minimum atomic E-state index is -4.21. The van der Waals surface area contributed by atoms with Gasteiger partial charge in [0.2, 0.25) is 0 Å². The highest BCUT2D eigenvalue weighted by atomic mass is 19.4. The Labute approximate surface area is 94.5 Å². The van der Waals surface area contributed by atoms with Crippen LogP contribution in [0.2, 0.25) is 0 Å². The third kappa shape index (κ3) is 5.70. The lowest BCUT2D eigenvalue weighted by atomic mass is 10.00. The average molecular weight is 239 g/mol. The zero-order chi connectivity index (χ0) is 12.2. The van der Waals surface area contributed by atoms with E-state index < -0.39 is 12.8 Å². The second-order valence-corrected chi connectivity index (χ2v) is 4.73. The molecule has 1 atom stereocenters. The van der Waals surface area contributed by atoms with Crippen molar-refractivity contribution >= 4 is 0 Å².